The van der Waals surface area contributed by atoms with Gasteiger partial charge in [0.05, 0.1) is 11.5 Å². The minimum Gasteiger partial charge on any atom is -0.458 e. The molecule has 2 N–H and O–H groups in total. The van der Waals surface area contributed by atoms with Crippen LogP contribution in [0.15, 0.2) is 23.3 Å². The largest absolute Gasteiger partial charge is 0.458 e. The van der Waals surface area contributed by atoms with Crippen LogP contribution in [-0.4, -0.2) is 56.8 Å². The maximum absolute atomic E-state index is 13.3. The number of ether oxygens (including phenoxy) is 3. The fraction of sp³-hybridized carbons (Fsp3) is 0.806. The van der Waals surface area contributed by atoms with E-state index in [1.54, 1.807) is 0 Å². The van der Waals surface area contributed by atoms with Gasteiger partial charge in [0.2, 0.25) is 0 Å². The Morgan fingerprint density at radius 2 is 1.79 bits per heavy atom. The van der Waals surface area contributed by atoms with Gasteiger partial charge in [-0.05, 0) is 90.9 Å². The van der Waals surface area contributed by atoms with E-state index in [0.717, 1.165) is 12.0 Å². The molecule has 1 unspecified atom stereocenters. The fourth-order valence-electron chi connectivity index (χ4n) is 9.15. The third-order valence-electron chi connectivity index (χ3n) is 11.4. The molecule has 0 aromatic heterocycles. The zero-order valence-corrected chi connectivity index (χ0v) is 24.3. The van der Waals surface area contributed by atoms with Crippen LogP contribution in [0.1, 0.15) is 100 Å². The predicted octanol–water partition coefficient (Wildman–Crippen LogP) is 4.78. The molecular weight excluding hydrogens is 484 g/mol. The second-order valence-electron chi connectivity index (χ2n) is 13.9. The van der Waals surface area contributed by atoms with E-state index in [1.807, 2.05) is 41.5 Å². The number of aliphatic hydroxyl groups excluding tert-OH is 1. The van der Waals surface area contributed by atoms with E-state index in [9.17, 15) is 19.8 Å². The van der Waals surface area contributed by atoms with Crippen molar-refractivity contribution in [1.29, 1.82) is 0 Å². The third-order valence-corrected chi connectivity index (χ3v) is 11.4. The lowest BCUT2D eigenvalue weighted by molar-refractivity contribution is -0.272. The molecule has 8 atom stereocenters. The Bertz CT molecular complexity index is 1110. The number of allylic oxidation sites excluding steroid dienone is 1. The van der Waals surface area contributed by atoms with E-state index in [4.69, 9.17) is 14.2 Å². The molecule has 212 valence electrons. The number of aliphatic hydroxyl groups is 2. The molecule has 7 heteroatoms. The van der Waals surface area contributed by atoms with Gasteiger partial charge < -0.3 is 24.4 Å². The number of hydrogen-bond acceptors (Lipinski definition) is 7. The van der Waals surface area contributed by atoms with E-state index in [1.165, 1.54) is 18.6 Å². The molecule has 0 aromatic carbocycles. The highest BCUT2D eigenvalue weighted by Gasteiger charge is 2.86. The van der Waals surface area contributed by atoms with Gasteiger partial charge in [-0.3, -0.25) is 4.79 Å². The SMILES string of the molecule is CC(=O)[C@]1(O)CC[C@]23OC(C)(C)O[C@]24CC=C2C[C@@H](O)CC[C@]2(C)C4C[C@@H](OC(=O)/C=C(\C)C(C)C)[C@@]31C. The number of rotatable bonds is 4. The summed E-state index contributed by atoms with van der Waals surface area (Å²) in [5.41, 5.74) is -2.97. The number of carbonyl (C=O) groups excluding carboxylic acids is 2. The number of Topliss-reactive ketones (excluding diaryl/α,β-unsaturated/α-hetero) is 1. The van der Waals surface area contributed by atoms with Crippen molar-refractivity contribution in [3.05, 3.63) is 23.3 Å². The van der Waals surface area contributed by atoms with Crippen molar-refractivity contribution in [2.75, 3.05) is 0 Å². The van der Waals surface area contributed by atoms with Crippen molar-refractivity contribution < 1.29 is 34.0 Å². The Labute approximate surface area is 227 Å². The summed E-state index contributed by atoms with van der Waals surface area (Å²) in [6.07, 6.45) is 6.37. The van der Waals surface area contributed by atoms with Gasteiger partial charge in [0, 0.05) is 12.0 Å². The van der Waals surface area contributed by atoms with Crippen LogP contribution in [-0.2, 0) is 23.8 Å². The summed E-state index contributed by atoms with van der Waals surface area (Å²) >= 11 is 0. The van der Waals surface area contributed by atoms with Gasteiger partial charge in [0.15, 0.2) is 11.6 Å². The van der Waals surface area contributed by atoms with E-state index in [0.29, 0.717) is 32.1 Å². The summed E-state index contributed by atoms with van der Waals surface area (Å²) in [7, 11) is 0. The van der Waals surface area contributed by atoms with E-state index < -0.39 is 40.1 Å². The number of esters is 1. The fourth-order valence-corrected chi connectivity index (χ4v) is 9.15. The van der Waals surface area contributed by atoms with Gasteiger partial charge in [0.1, 0.15) is 22.9 Å². The van der Waals surface area contributed by atoms with Crippen LogP contribution < -0.4 is 0 Å². The van der Waals surface area contributed by atoms with Crippen molar-refractivity contribution in [1.82, 2.24) is 0 Å². The molecule has 0 aromatic rings. The van der Waals surface area contributed by atoms with Crippen LogP contribution in [0.2, 0.25) is 0 Å². The third kappa shape index (κ3) is 3.40. The van der Waals surface area contributed by atoms with Crippen LogP contribution in [0, 0.1) is 22.7 Å². The minimum atomic E-state index is -1.73. The van der Waals surface area contributed by atoms with Gasteiger partial charge in [-0.1, -0.05) is 38.0 Å². The second-order valence-corrected chi connectivity index (χ2v) is 13.9. The smallest absolute Gasteiger partial charge is 0.330 e. The maximum Gasteiger partial charge on any atom is 0.330 e. The molecule has 2 spiro atoms. The van der Waals surface area contributed by atoms with Crippen molar-refractivity contribution in [2.45, 2.75) is 135 Å². The van der Waals surface area contributed by atoms with Crippen molar-refractivity contribution in [3.8, 4) is 0 Å². The quantitative estimate of drug-likeness (QED) is 0.306. The van der Waals surface area contributed by atoms with E-state index in [-0.39, 0.29) is 35.6 Å². The molecule has 0 bridgehead atoms. The topological polar surface area (TPSA) is 102 Å². The first-order valence-corrected chi connectivity index (χ1v) is 14.4. The van der Waals surface area contributed by atoms with Gasteiger partial charge in [-0.2, -0.15) is 0 Å². The Morgan fingerprint density at radius 1 is 1.11 bits per heavy atom. The molecule has 5 rings (SSSR count). The summed E-state index contributed by atoms with van der Waals surface area (Å²) in [4.78, 5) is 26.6. The zero-order chi connectivity index (χ0) is 28.1. The highest BCUT2D eigenvalue weighted by atomic mass is 16.8. The molecular formula is C31H46O7. The molecule has 5 aliphatic rings. The first-order valence-electron chi connectivity index (χ1n) is 14.4. The van der Waals surface area contributed by atoms with E-state index in [2.05, 4.69) is 13.0 Å². The molecule has 1 heterocycles. The first-order chi connectivity index (χ1) is 17.5. The van der Waals surface area contributed by atoms with Crippen molar-refractivity contribution in [2.24, 2.45) is 22.7 Å². The number of carbonyl (C=O) groups is 2. The first kappa shape index (κ1) is 28.0. The Hall–Kier alpha value is -1.54. The van der Waals surface area contributed by atoms with Crippen molar-refractivity contribution >= 4 is 11.8 Å². The van der Waals surface area contributed by atoms with Crippen LogP contribution >= 0.6 is 0 Å². The number of hydrogen-bond donors (Lipinski definition) is 2. The second kappa shape index (κ2) is 8.48. The zero-order valence-electron chi connectivity index (χ0n) is 24.3. The Balaban J connectivity index is 1.71. The van der Waals surface area contributed by atoms with Crippen LogP contribution in [0.5, 0.6) is 0 Å². The number of ketones is 1. The van der Waals surface area contributed by atoms with Gasteiger partial charge in [-0.15, -0.1) is 0 Å². The van der Waals surface area contributed by atoms with Crippen LogP contribution in [0.3, 0.4) is 0 Å². The standard InChI is InChI=1S/C31H46O7/c1-18(2)19(3)15-25(34)36-24-17-23-27(7)11-10-22(33)16-21(27)9-12-30(23)31(38-26(5,6)37-30)14-13-29(35,20(4)32)28(24,31)8/h9,15,18,22-24,33,35H,10-14,16-17H2,1-8H3/b19-15+/t22-,23?,24+,27-,28+,29+,30-,31+/m0/s1. The van der Waals surface area contributed by atoms with Gasteiger partial charge in [0.25, 0.3) is 0 Å². The highest BCUT2D eigenvalue weighted by molar-refractivity contribution is 5.87. The monoisotopic (exact) mass is 530 g/mol. The molecule has 7 nitrogen and oxygen atoms in total. The number of fused-ring (bicyclic) bond motifs is 2. The van der Waals surface area contributed by atoms with Crippen molar-refractivity contribution in [3.63, 3.8) is 0 Å². The molecule has 4 aliphatic carbocycles. The molecule has 1 aliphatic heterocycles. The lowest BCUT2D eigenvalue weighted by Crippen LogP contribution is -2.77. The van der Waals surface area contributed by atoms with Gasteiger partial charge in [-0.25, -0.2) is 4.79 Å². The summed E-state index contributed by atoms with van der Waals surface area (Å²) in [6, 6.07) is 0. The minimum absolute atomic E-state index is 0.0837. The van der Waals surface area contributed by atoms with Crippen LogP contribution in [0.25, 0.3) is 0 Å². The van der Waals surface area contributed by atoms with E-state index >= 15 is 0 Å². The molecule has 1 saturated heterocycles. The maximum atomic E-state index is 13.3. The summed E-state index contributed by atoms with van der Waals surface area (Å²) in [5, 5.41) is 22.7. The molecule has 0 radical (unpaired) electrons. The normalized spacial score (nSPS) is 47.5. The molecule has 0 amide bonds. The van der Waals surface area contributed by atoms with Crippen LogP contribution in [0.4, 0.5) is 0 Å². The Morgan fingerprint density at radius 3 is 2.42 bits per heavy atom. The molecule has 3 saturated carbocycles. The molecule has 4 fully saturated rings. The average molecular weight is 531 g/mol. The summed E-state index contributed by atoms with van der Waals surface area (Å²) in [6.45, 7) is 15.3. The van der Waals surface area contributed by atoms with Gasteiger partial charge >= 0.3 is 5.97 Å². The predicted molar refractivity (Wildman–Crippen MR) is 142 cm³/mol. The summed E-state index contributed by atoms with van der Waals surface area (Å²) in [5.74, 6) is -1.65. The summed E-state index contributed by atoms with van der Waals surface area (Å²) < 4.78 is 20.2. The average Bonchev–Trinajstić information content (AvgIpc) is 3.20. The lowest BCUT2D eigenvalue weighted by atomic mass is 9.42. The molecule has 38 heavy (non-hydrogen) atoms. The highest BCUT2D eigenvalue weighted by Crippen LogP contribution is 2.76. The Kier molecular flexibility index (Phi) is 6.25. The lowest BCUT2D eigenvalue weighted by Gasteiger charge is -2.66.